The van der Waals surface area contributed by atoms with Gasteiger partial charge in [0.25, 0.3) is 0 Å². The van der Waals surface area contributed by atoms with E-state index < -0.39 is 0 Å². The molecule has 1 aromatic heterocycles. The lowest BCUT2D eigenvalue weighted by molar-refractivity contribution is 0.121. The number of piperazine rings is 1. The van der Waals surface area contributed by atoms with E-state index in [0.717, 1.165) is 30.9 Å². The fourth-order valence-electron chi connectivity index (χ4n) is 3.04. The summed E-state index contributed by atoms with van der Waals surface area (Å²) in [6.07, 6.45) is 0. The summed E-state index contributed by atoms with van der Waals surface area (Å²) < 4.78 is 19.4. The highest BCUT2D eigenvalue weighted by molar-refractivity contribution is 5.59. The maximum Gasteiger partial charge on any atom is 0.170 e. The maximum absolute atomic E-state index is 14.0. The Labute approximate surface area is 130 Å². The minimum absolute atomic E-state index is 0.155. The number of hydrogen-bond acceptors (Lipinski definition) is 4. The van der Waals surface area contributed by atoms with Crippen molar-refractivity contribution in [1.82, 2.24) is 15.4 Å². The number of nitrogens with zero attached hydrogens (tertiary/aromatic N) is 2. The predicted octanol–water partition coefficient (Wildman–Crippen LogP) is 3.14. The van der Waals surface area contributed by atoms with Crippen LogP contribution >= 0.6 is 0 Å². The van der Waals surface area contributed by atoms with Crippen LogP contribution in [0.25, 0.3) is 11.3 Å². The van der Waals surface area contributed by atoms with Crippen molar-refractivity contribution < 1.29 is 8.91 Å². The minimum atomic E-state index is -0.281. The van der Waals surface area contributed by atoms with E-state index in [2.05, 4.69) is 29.2 Å². The topological polar surface area (TPSA) is 41.3 Å². The second kappa shape index (κ2) is 6.18. The standard InChI is InChI=1S/C17H22FN3O/c1-11-4-5-15(18)14(8-11)17-9-16(20-22-17)13(3)21-7-6-19-10-12(21)2/h4-5,8-9,12-13,19H,6-7,10H2,1-3H3/t12-,13?/m0/s1. The molecule has 1 aliphatic rings. The van der Waals surface area contributed by atoms with E-state index in [-0.39, 0.29) is 11.9 Å². The summed E-state index contributed by atoms with van der Waals surface area (Å²) >= 11 is 0. The first-order valence-corrected chi connectivity index (χ1v) is 7.76. The number of benzene rings is 1. The summed E-state index contributed by atoms with van der Waals surface area (Å²) in [6, 6.07) is 7.47. The maximum atomic E-state index is 14.0. The van der Waals surface area contributed by atoms with E-state index in [1.165, 1.54) is 6.07 Å². The molecular formula is C17H22FN3O. The molecule has 4 nitrogen and oxygen atoms in total. The third kappa shape index (κ3) is 2.91. The Bertz CT molecular complexity index is 655. The molecule has 2 aromatic rings. The molecule has 2 atom stereocenters. The van der Waals surface area contributed by atoms with Gasteiger partial charge >= 0.3 is 0 Å². The van der Waals surface area contributed by atoms with E-state index in [1.54, 1.807) is 12.1 Å². The van der Waals surface area contributed by atoms with Crippen molar-refractivity contribution >= 4 is 0 Å². The van der Waals surface area contributed by atoms with Crippen LogP contribution in [0.1, 0.15) is 31.1 Å². The highest BCUT2D eigenvalue weighted by Gasteiger charge is 2.26. The van der Waals surface area contributed by atoms with Gasteiger partial charge in [0, 0.05) is 31.7 Å². The molecule has 118 valence electrons. The van der Waals surface area contributed by atoms with Gasteiger partial charge in [0.1, 0.15) is 11.5 Å². The van der Waals surface area contributed by atoms with Crippen LogP contribution in [0.4, 0.5) is 4.39 Å². The largest absolute Gasteiger partial charge is 0.356 e. The molecule has 0 amide bonds. The van der Waals surface area contributed by atoms with Gasteiger partial charge in [-0.05, 0) is 32.9 Å². The molecule has 22 heavy (non-hydrogen) atoms. The second-order valence-electron chi connectivity index (χ2n) is 6.07. The van der Waals surface area contributed by atoms with E-state index in [9.17, 15) is 4.39 Å². The third-order valence-electron chi connectivity index (χ3n) is 4.39. The van der Waals surface area contributed by atoms with E-state index in [4.69, 9.17) is 4.52 Å². The van der Waals surface area contributed by atoms with E-state index >= 15 is 0 Å². The van der Waals surface area contributed by atoms with Crippen molar-refractivity contribution in [2.45, 2.75) is 32.9 Å². The van der Waals surface area contributed by atoms with Crippen LogP contribution in [0.2, 0.25) is 0 Å². The summed E-state index contributed by atoms with van der Waals surface area (Å²) in [7, 11) is 0. The fourth-order valence-corrected chi connectivity index (χ4v) is 3.04. The van der Waals surface area contributed by atoms with Crippen LogP contribution in [0.15, 0.2) is 28.8 Å². The number of nitrogens with one attached hydrogen (secondary N) is 1. The number of aromatic nitrogens is 1. The minimum Gasteiger partial charge on any atom is -0.356 e. The first-order valence-electron chi connectivity index (χ1n) is 7.76. The van der Waals surface area contributed by atoms with Gasteiger partial charge < -0.3 is 9.84 Å². The number of halogens is 1. The molecule has 0 aliphatic carbocycles. The SMILES string of the molecule is Cc1ccc(F)c(-c2cc(C(C)N3CCNC[C@@H]3C)no2)c1. The summed E-state index contributed by atoms with van der Waals surface area (Å²) in [5.41, 5.74) is 2.32. The quantitative estimate of drug-likeness (QED) is 0.946. The van der Waals surface area contributed by atoms with Crippen molar-refractivity contribution in [1.29, 1.82) is 0 Å². The molecule has 1 aliphatic heterocycles. The zero-order valence-corrected chi connectivity index (χ0v) is 13.3. The lowest BCUT2D eigenvalue weighted by Crippen LogP contribution is -2.50. The van der Waals surface area contributed by atoms with Gasteiger partial charge in [-0.15, -0.1) is 0 Å². The highest BCUT2D eigenvalue weighted by atomic mass is 19.1. The third-order valence-corrected chi connectivity index (χ3v) is 4.39. The number of hydrogen-bond donors (Lipinski definition) is 1. The Kier molecular flexibility index (Phi) is 4.27. The highest BCUT2D eigenvalue weighted by Crippen LogP contribution is 2.29. The van der Waals surface area contributed by atoms with Crippen LogP contribution in [0.5, 0.6) is 0 Å². The molecule has 0 saturated carbocycles. The first-order chi connectivity index (χ1) is 10.6. The summed E-state index contributed by atoms with van der Waals surface area (Å²) in [4.78, 5) is 2.39. The van der Waals surface area contributed by atoms with Crippen molar-refractivity contribution in [3.63, 3.8) is 0 Å². The molecule has 1 N–H and O–H groups in total. The van der Waals surface area contributed by atoms with Crippen molar-refractivity contribution in [2.24, 2.45) is 0 Å². The van der Waals surface area contributed by atoms with Gasteiger partial charge in [-0.2, -0.15) is 0 Å². The zero-order valence-electron chi connectivity index (χ0n) is 13.3. The predicted molar refractivity (Wildman–Crippen MR) is 84.1 cm³/mol. The average molecular weight is 303 g/mol. The van der Waals surface area contributed by atoms with Gasteiger partial charge in [-0.25, -0.2) is 4.39 Å². The molecule has 3 rings (SSSR count). The van der Waals surface area contributed by atoms with Gasteiger partial charge in [0.05, 0.1) is 11.6 Å². The number of aryl methyl sites for hydroxylation is 1. The van der Waals surface area contributed by atoms with Crippen LogP contribution in [-0.4, -0.2) is 35.7 Å². The summed E-state index contributed by atoms with van der Waals surface area (Å²) in [5.74, 6) is 0.210. The monoisotopic (exact) mass is 303 g/mol. The van der Waals surface area contributed by atoms with Crippen molar-refractivity contribution in [3.05, 3.63) is 41.3 Å². The van der Waals surface area contributed by atoms with Gasteiger partial charge in [0.2, 0.25) is 0 Å². The van der Waals surface area contributed by atoms with Gasteiger partial charge in [-0.3, -0.25) is 4.90 Å². The Morgan fingerprint density at radius 3 is 3.00 bits per heavy atom. The molecular weight excluding hydrogens is 281 g/mol. The molecule has 0 radical (unpaired) electrons. The molecule has 0 spiro atoms. The summed E-state index contributed by atoms with van der Waals surface area (Å²) in [6.45, 7) is 9.18. The molecule has 5 heteroatoms. The van der Waals surface area contributed by atoms with Crippen LogP contribution in [-0.2, 0) is 0 Å². The molecule has 1 fully saturated rings. The van der Waals surface area contributed by atoms with Crippen molar-refractivity contribution in [3.8, 4) is 11.3 Å². The first kappa shape index (κ1) is 15.2. The lowest BCUT2D eigenvalue weighted by atomic mass is 10.1. The fraction of sp³-hybridized carbons (Fsp3) is 0.471. The number of rotatable bonds is 3. The molecule has 1 aromatic carbocycles. The lowest BCUT2D eigenvalue weighted by Gasteiger charge is -2.37. The molecule has 1 saturated heterocycles. The van der Waals surface area contributed by atoms with E-state index in [1.807, 2.05) is 13.0 Å². The second-order valence-corrected chi connectivity index (χ2v) is 6.07. The van der Waals surface area contributed by atoms with Crippen LogP contribution in [0, 0.1) is 12.7 Å². The van der Waals surface area contributed by atoms with Gasteiger partial charge in [0.15, 0.2) is 5.76 Å². The average Bonchev–Trinajstić information content (AvgIpc) is 2.99. The van der Waals surface area contributed by atoms with Crippen LogP contribution in [0.3, 0.4) is 0 Å². The molecule has 2 heterocycles. The smallest absolute Gasteiger partial charge is 0.170 e. The Morgan fingerprint density at radius 2 is 2.23 bits per heavy atom. The van der Waals surface area contributed by atoms with E-state index in [0.29, 0.717) is 17.4 Å². The summed E-state index contributed by atoms with van der Waals surface area (Å²) in [5, 5.41) is 7.55. The zero-order chi connectivity index (χ0) is 15.7. The molecule has 0 bridgehead atoms. The Balaban J connectivity index is 1.85. The van der Waals surface area contributed by atoms with Crippen molar-refractivity contribution in [2.75, 3.05) is 19.6 Å². The van der Waals surface area contributed by atoms with Crippen LogP contribution < -0.4 is 5.32 Å². The Hall–Kier alpha value is -1.72. The van der Waals surface area contributed by atoms with Gasteiger partial charge in [-0.1, -0.05) is 16.8 Å². The molecule has 1 unspecified atom stereocenters. The Morgan fingerprint density at radius 1 is 1.41 bits per heavy atom. The normalized spacial score (nSPS) is 21.0.